The molecule has 0 aliphatic carbocycles. The number of aromatic carboxylic acids is 1. The van der Waals surface area contributed by atoms with Gasteiger partial charge in [-0.15, -0.1) is 0 Å². The molecule has 1 saturated heterocycles. The largest absolute Gasteiger partial charge is 0.496 e. The minimum Gasteiger partial charge on any atom is -0.496 e. The number of hydrogen-bond donors (Lipinski definition) is 1. The molecular weight excluding hydrogens is 474 g/mol. The number of imidazole rings is 1. The van der Waals surface area contributed by atoms with Gasteiger partial charge in [0.25, 0.3) is 0 Å². The van der Waals surface area contributed by atoms with Crippen LogP contribution >= 0.6 is 11.6 Å². The Morgan fingerprint density at radius 3 is 2.61 bits per heavy atom. The first-order valence-electron chi connectivity index (χ1n) is 12.8. The van der Waals surface area contributed by atoms with Gasteiger partial charge >= 0.3 is 5.97 Å². The predicted molar refractivity (Wildman–Crippen MR) is 144 cm³/mol. The van der Waals surface area contributed by atoms with Crippen molar-refractivity contribution in [1.82, 2.24) is 14.5 Å². The number of carboxylic acids is 1. The molecule has 1 N–H and O–H groups in total. The second-order valence-corrected chi connectivity index (χ2v) is 10.0. The van der Waals surface area contributed by atoms with Crippen LogP contribution in [0, 0.1) is 13.8 Å². The normalized spacial score (nSPS) is 16.3. The fourth-order valence-electron chi connectivity index (χ4n) is 5.36. The van der Waals surface area contributed by atoms with E-state index in [4.69, 9.17) is 21.3 Å². The van der Waals surface area contributed by atoms with Gasteiger partial charge < -0.3 is 14.4 Å². The summed E-state index contributed by atoms with van der Waals surface area (Å²) in [6.07, 6.45) is 5.38. The second kappa shape index (κ2) is 11.5. The Morgan fingerprint density at radius 1 is 1.19 bits per heavy atom. The van der Waals surface area contributed by atoms with Crippen LogP contribution in [0.15, 0.2) is 36.4 Å². The zero-order valence-corrected chi connectivity index (χ0v) is 22.4. The van der Waals surface area contributed by atoms with Crippen LogP contribution in [-0.4, -0.2) is 39.2 Å². The summed E-state index contributed by atoms with van der Waals surface area (Å²) in [6, 6.07) is 12.0. The van der Waals surface area contributed by atoms with Gasteiger partial charge in [0.15, 0.2) is 5.15 Å². The van der Waals surface area contributed by atoms with Gasteiger partial charge in [-0.25, -0.2) is 9.78 Å². The highest BCUT2D eigenvalue weighted by atomic mass is 35.5. The average molecular weight is 510 g/mol. The minimum atomic E-state index is -0.982. The summed E-state index contributed by atoms with van der Waals surface area (Å²) in [5.41, 5.74) is 5.85. The van der Waals surface area contributed by atoms with Gasteiger partial charge in [0.2, 0.25) is 0 Å². The summed E-state index contributed by atoms with van der Waals surface area (Å²) in [5, 5.41) is 10.1. The van der Waals surface area contributed by atoms with Crippen molar-refractivity contribution in [3.63, 3.8) is 0 Å². The summed E-state index contributed by atoms with van der Waals surface area (Å²) in [4.78, 5) is 18.9. The zero-order chi connectivity index (χ0) is 25.8. The highest BCUT2D eigenvalue weighted by Gasteiger charge is 2.29. The maximum absolute atomic E-state index is 11.6. The zero-order valence-electron chi connectivity index (χ0n) is 21.7. The van der Waals surface area contributed by atoms with Gasteiger partial charge in [-0.05, 0) is 68.5 Å². The molecule has 0 bridgehead atoms. The van der Waals surface area contributed by atoms with E-state index in [0.29, 0.717) is 17.4 Å². The fourth-order valence-corrected chi connectivity index (χ4v) is 5.61. The monoisotopic (exact) mass is 509 g/mol. The molecule has 0 saturated carbocycles. The van der Waals surface area contributed by atoms with Gasteiger partial charge in [-0.2, -0.15) is 0 Å². The Morgan fingerprint density at radius 2 is 1.94 bits per heavy atom. The number of hydrogen-bond acceptors (Lipinski definition) is 4. The molecule has 1 aliphatic rings. The van der Waals surface area contributed by atoms with E-state index in [-0.39, 0.29) is 11.6 Å². The van der Waals surface area contributed by atoms with Crippen LogP contribution in [0.5, 0.6) is 5.75 Å². The number of carbonyl (C=O) groups is 1. The topological polar surface area (TPSA) is 67.6 Å². The van der Waals surface area contributed by atoms with Crippen molar-refractivity contribution < 1.29 is 14.6 Å². The lowest BCUT2D eigenvalue weighted by Gasteiger charge is -2.36. The maximum Gasteiger partial charge on any atom is 0.339 e. The van der Waals surface area contributed by atoms with Crippen molar-refractivity contribution in [2.45, 2.75) is 72.0 Å². The number of halogens is 1. The number of aromatic nitrogens is 2. The summed E-state index contributed by atoms with van der Waals surface area (Å²) in [6.45, 7) is 8.96. The number of nitrogens with zero attached hydrogens (tertiary/aromatic N) is 3. The molecule has 2 heterocycles. The number of benzene rings is 2. The molecule has 4 rings (SSSR count). The van der Waals surface area contributed by atoms with E-state index >= 15 is 0 Å². The number of methoxy groups -OCH3 is 1. The van der Waals surface area contributed by atoms with Crippen LogP contribution in [0.4, 0.5) is 0 Å². The first kappa shape index (κ1) is 26.2. The van der Waals surface area contributed by atoms with Crippen LogP contribution in [0.3, 0.4) is 0 Å². The van der Waals surface area contributed by atoms with E-state index in [1.807, 2.05) is 12.1 Å². The molecule has 6 nitrogen and oxygen atoms in total. The molecule has 2 aromatic carbocycles. The molecule has 3 aromatic rings. The quantitative estimate of drug-likeness (QED) is 0.334. The van der Waals surface area contributed by atoms with E-state index in [1.54, 1.807) is 6.07 Å². The van der Waals surface area contributed by atoms with Crippen molar-refractivity contribution in [2.75, 3.05) is 13.7 Å². The van der Waals surface area contributed by atoms with Crippen LogP contribution < -0.4 is 4.74 Å². The third-order valence-electron chi connectivity index (χ3n) is 7.27. The highest BCUT2D eigenvalue weighted by Crippen LogP contribution is 2.37. The molecule has 1 unspecified atom stereocenters. The first-order chi connectivity index (χ1) is 17.3. The average Bonchev–Trinajstić information content (AvgIpc) is 3.16. The lowest BCUT2D eigenvalue weighted by Crippen LogP contribution is -2.34. The first-order valence-corrected chi connectivity index (χ1v) is 13.2. The molecule has 1 fully saturated rings. The van der Waals surface area contributed by atoms with Crippen LogP contribution in [0.2, 0.25) is 5.15 Å². The van der Waals surface area contributed by atoms with E-state index < -0.39 is 5.97 Å². The third kappa shape index (κ3) is 5.30. The molecule has 0 amide bonds. The lowest BCUT2D eigenvalue weighted by atomic mass is 9.94. The molecule has 36 heavy (non-hydrogen) atoms. The number of piperidine rings is 1. The minimum absolute atomic E-state index is 0.157. The fraction of sp³-hybridized carbons (Fsp3) is 0.448. The van der Waals surface area contributed by atoms with Gasteiger partial charge in [-0.1, -0.05) is 55.6 Å². The van der Waals surface area contributed by atoms with E-state index in [9.17, 15) is 9.90 Å². The van der Waals surface area contributed by atoms with Crippen molar-refractivity contribution >= 4 is 17.6 Å². The highest BCUT2D eigenvalue weighted by molar-refractivity contribution is 6.30. The van der Waals surface area contributed by atoms with Gasteiger partial charge in [0, 0.05) is 24.7 Å². The second-order valence-electron chi connectivity index (χ2n) is 9.69. The predicted octanol–water partition coefficient (Wildman–Crippen LogP) is 7.05. The Kier molecular flexibility index (Phi) is 8.37. The summed E-state index contributed by atoms with van der Waals surface area (Å²) in [7, 11) is 1.52. The number of unbranched alkanes of at least 4 members (excludes halogenated alkanes) is 1. The lowest BCUT2D eigenvalue weighted by molar-refractivity contribution is 0.0693. The van der Waals surface area contributed by atoms with Crippen molar-refractivity contribution in [2.24, 2.45) is 0 Å². The Balaban J connectivity index is 1.72. The molecule has 192 valence electrons. The number of rotatable bonds is 9. The maximum atomic E-state index is 11.6. The number of ether oxygens (including phenoxy) is 1. The van der Waals surface area contributed by atoms with Gasteiger partial charge in [0.05, 0.1) is 12.8 Å². The van der Waals surface area contributed by atoms with Crippen LogP contribution in [0.25, 0.3) is 11.4 Å². The Hall–Kier alpha value is -2.83. The van der Waals surface area contributed by atoms with E-state index in [0.717, 1.165) is 67.8 Å². The molecule has 1 aliphatic heterocycles. The van der Waals surface area contributed by atoms with Crippen molar-refractivity contribution in [3.8, 4) is 17.1 Å². The smallest absolute Gasteiger partial charge is 0.339 e. The van der Waals surface area contributed by atoms with E-state index in [2.05, 4.69) is 48.4 Å². The standard InChI is InChI=1S/C29H36ClN3O3/c1-5-6-16-33-24(27(30)31-28(33)26-19(2)10-9-11-20(26)3)18-32-15-8-7-12-23(32)21-13-14-22(29(34)35)25(17-21)36-4/h9-11,13-14,17,23H,5-8,12,15-16,18H2,1-4H3,(H,34,35). The summed E-state index contributed by atoms with van der Waals surface area (Å²) >= 11 is 6.86. The van der Waals surface area contributed by atoms with Gasteiger partial charge in [0.1, 0.15) is 17.1 Å². The summed E-state index contributed by atoms with van der Waals surface area (Å²) < 4.78 is 7.73. The van der Waals surface area contributed by atoms with Crippen molar-refractivity contribution in [1.29, 1.82) is 0 Å². The Bertz CT molecular complexity index is 1220. The van der Waals surface area contributed by atoms with Gasteiger partial charge in [-0.3, -0.25) is 4.90 Å². The molecule has 0 radical (unpaired) electrons. The molecule has 0 spiro atoms. The number of likely N-dealkylation sites (tertiary alicyclic amines) is 1. The third-order valence-corrected chi connectivity index (χ3v) is 7.57. The SMILES string of the molecule is CCCCn1c(-c2c(C)cccc2C)nc(Cl)c1CN1CCCCC1c1ccc(C(=O)O)c(OC)c1. The van der Waals surface area contributed by atoms with E-state index in [1.165, 1.54) is 18.2 Å². The summed E-state index contributed by atoms with van der Waals surface area (Å²) in [5.74, 6) is 0.360. The van der Waals surface area contributed by atoms with Crippen LogP contribution in [-0.2, 0) is 13.1 Å². The number of aryl methyl sites for hydroxylation is 2. The Labute approximate surface area is 218 Å². The van der Waals surface area contributed by atoms with Crippen LogP contribution in [0.1, 0.15) is 77.8 Å². The van der Waals surface area contributed by atoms with Crippen molar-refractivity contribution in [3.05, 3.63) is 69.5 Å². The molecule has 7 heteroatoms. The molecule has 1 atom stereocenters. The molecule has 1 aromatic heterocycles. The number of carboxylic acid groups (broad SMARTS) is 1. The molecular formula is C29H36ClN3O3.